The zero-order valence-electron chi connectivity index (χ0n) is 13.6. The van der Waals surface area contributed by atoms with Crippen LogP contribution >= 0.6 is 11.6 Å². The molecule has 25 heavy (non-hydrogen) atoms. The van der Waals surface area contributed by atoms with E-state index in [9.17, 15) is 4.79 Å². The Kier molecular flexibility index (Phi) is 3.93. The first-order valence-corrected chi connectivity index (χ1v) is 8.35. The van der Waals surface area contributed by atoms with E-state index in [1.54, 1.807) is 7.11 Å². The van der Waals surface area contributed by atoms with E-state index in [4.69, 9.17) is 21.3 Å². The molecule has 1 aromatic heterocycles. The third-order valence-electron chi connectivity index (χ3n) is 4.31. The van der Waals surface area contributed by atoms with E-state index in [0.29, 0.717) is 35.1 Å². The number of benzene rings is 2. The standard InChI is InChI=1S/C19H16ClN3O2/c1-25-13-5-2-11(3-6-13)18-22-17-14-7-4-12(20)10-16(14)21-9-8-15(17)19(24)23-18/h2-7,10,21H,8-9H2,1H3,(H,22,23,24). The van der Waals surface area contributed by atoms with Crippen molar-refractivity contribution < 1.29 is 4.74 Å². The van der Waals surface area contributed by atoms with E-state index in [2.05, 4.69) is 10.3 Å². The summed E-state index contributed by atoms with van der Waals surface area (Å²) in [5, 5.41) is 3.97. The van der Waals surface area contributed by atoms with Crippen LogP contribution in [0.15, 0.2) is 47.3 Å². The van der Waals surface area contributed by atoms with E-state index in [1.165, 1.54) is 0 Å². The molecular formula is C19H16ClN3O2. The molecule has 5 nitrogen and oxygen atoms in total. The Morgan fingerprint density at radius 3 is 2.72 bits per heavy atom. The van der Waals surface area contributed by atoms with Gasteiger partial charge in [0.1, 0.15) is 11.6 Å². The molecule has 0 aliphatic carbocycles. The highest BCUT2D eigenvalue weighted by Crippen LogP contribution is 2.33. The summed E-state index contributed by atoms with van der Waals surface area (Å²) < 4.78 is 5.18. The van der Waals surface area contributed by atoms with E-state index in [1.807, 2.05) is 42.5 Å². The van der Waals surface area contributed by atoms with Gasteiger partial charge in [-0.3, -0.25) is 4.79 Å². The molecule has 0 saturated heterocycles. The number of aromatic nitrogens is 2. The Bertz CT molecular complexity index is 997. The first-order valence-electron chi connectivity index (χ1n) is 7.97. The molecule has 4 rings (SSSR count). The third-order valence-corrected chi connectivity index (χ3v) is 4.54. The van der Waals surface area contributed by atoms with Crippen molar-refractivity contribution in [3.05, 3.63) is 63.4 Å². The van der Waals surface area contributed by atoms with Crippen molar-refractivity contribution in [2.75, 3.05) is 19.0 Å². The minimum atomic E-state index is -0.111. The fourth-order valence-electron chi connectivity index (χ4n) is 3.03. The second-order valence-electron chi connectivity index (χ2n) is 5.84. The van der Waals surface area contributed by atoms with E-state index >= 15 is 0 Å². The van der Waals surface area contributed by atoms with Crippen LogP contribution in [0, 0.1) is 0 Å². The predicted molar refractivity (Wildman–Crippen MR) is 99.5 cm³/mol. The van der Waals surface area contributed by atoms with Gasteiger partial charge in [0.15, 0.2) is 0 Å². The van der Waals surface area contributed by atoms with Crippen LogP contribution in [0.5, 0.6) is 5.75 Å². The van der Waals surface area contributed by atoms with Crippen molar-refractivity contribution in [2.24, 2.45) is 0 Å². The highest BCUT2D eigenvalue weighted by atomic mass is 35.5. The second-order valence-corrected chi connectivity index (χ2v) is 6.27. The van der Waals surface area contributed by atoms with Crippen LogP contribution in [0.1, 0.15) is 5.56 Å². The predicted octanol–water partition coefficient (Wildman–Crippen LogP) is 3.73. The number of ether oxygens (including phenoxy) is 1. The van der Waals surface area contributed by atoms with Gasteiger partial charge in [0, 0.05) is 33.9 Å². The lowest BCUT2D eigenvalue weighted by atomic mass is 10.0. The molecule has 2 N–H and O–H groups in total. The maximum Gasteiger partial charge on any atom is 0.255 e. The Balaban J connectivity index is 1.90. The van der Waals surface area contributed by atoms with Gasteiger partial charge < -0.3 is 15.0 Å². The second kappa shape index (κ2) is 6.26. The Hall–Kier alpha value is -2.79. The minimum Gasteiger partial charge on any atom is -0.497 e. The summed E-state index contributed by atoms with van der Waals surface area (Å²) in [5.41, 5.74) is 3.88. The molecule has 2 heterocycles. The highest BCUT2D eigenvalue weighted by Gasteiger charge is 2.20. The molecule has 0 radical (unpaired) electrons. The van der Waals surface area contributed by atoms with Crippen LogP contribution < -0.4 is 15.6 Å². The summed E-state index contributed by atoms with van der Waals surface area (Å²) in [6.45, 7) is 0.660. The zero-order valence-corrected chi connectivity index (χ0v) is 14.4. The maximum absolute atomic E-state index is 12.6. The van der Waals surface area contributed by atoms with Crippen molar-refractivity contribution in [1.29, 1.82) is 0 Å². The normalized spacial score (nSPS) is 12.6. The number of fused-ring (bicyclic) bond motifs is 3. The van der Waals surface area contributed by atoms with Crippen molar-refractivity contribution in [3.8, 4) is 28.4 Å². The van der Waals surface area contributed by atoms with Gasteiger partial charge in [-0.15, -0.1) is 0 Å². The average Bonchev–Trinajstić information content (AvgIpc) is 2.81. The van der Waals surface area contributed by atoms with E-state index in [-0.39, 0.29) is 5.56 Å². The van der Waals surface area contributed by atoms with Crippen LogP contribution in [0.25, 0.3) is 22.6 Å². The number of methoxy groups -OCH3 is 1. The lowest BCUT2D eigenvalue weighted by molar-refractivity contribution is 0.415. The molecule has 0 spiro atoms. The number of nitrogens with one attached hydrogen (secondary N) is 2. The molecule has 3 aromatic rings. The Morgan fingerprint density at radius 2 is 1.96 bits per heavy atom. The summed E-state index contributed by atoms with van der Waals surface area (Å²) in [6, 6.07) is 13.0. The largest absolute Gasteiger partial charge is 0.497 e. The zero-order chi connectivity index (χ0) is 17.4. The van der Waals surface area contributed by atoms with Gasteiger partial charge >= 0.3 is 0 Å². The summed E-state index contributed by atoms with van der Waals surface area (Å²) in [6.07, 6.45) is 0.604. The minimum absolute atomic E-state index is 0.111. The smallest absolute Gasteiger partial charge is 0.255 e. The maximum atomic E-state index is 12.6. The molecule has 126 valence electrons. The number of nitrogens with zero attached hydrogens (tertiary/aromatic N) is 1. The molecule has 1 aliphatic rings. The molecule has 0 fully saturated rings. The molecule has 2 aromatic carbocycles. The van der Waals surface area contributed by atoms with Crippen LogP contribution in [0.2, 0.25) is 5.02 Å². The summed E-state index contributed by atoms with van der Waals surface area (Å²) in [5.74, 6) is 1.29. The van der Waals surface area contributed by atoms with E-state index in [0.717, 1.165) is 22.6 Å². The molecule has 0 amide bonds. The highest BCUT2D eigenvalue weighted by molar-refractivity contribution is 6.31. The molecule has 0 saturated carbocycles. The van der Waals surface area contributed by atoms with Crippen molar-refractivity contribution in [2.45, 2.75) is 6.42 Å². The van der Waals surface area contributed by atoms with Crippen LogP contribution in [-0.2, 0) is 6.42 Å². The quantitative estimate of drug-likeness (QED) is 0.736. The molecule has 0 bridgehead atoms. The number of anilines is 1. The summed E-state index contributed by atoms with van der Waals surface area (Å²) >= 11 is 6.10. The lowest BCUT2D eigenvalue weighted by Gasteiger charge is -2.11. The van der Waals surface area contributed by atoms with Crippen LogP contribution in [0.4, 0.5) is 5.69 Å². The molecule has 0 unspecified atom stereocenters. The number of hydrogen-bond donors (Lipinski definition) is 2. The number of aromatic amines is 1. The molecular weight excluding hydrogens is 338 g/mol. The van der Waals surface area contributed by atoms with Gasteiger partial charge in [-0.05, 0) is 48.9 Å². The molecule has 0 atom stereocenters. The van der Waals surface area contributed by atoms with Crippen LogP contribution in [0.3, 0.4) is 0 Å². The van der Waals surface area contributed by atoms with Gasteiger partial charge in [-0.25, -0.2) is 4.98 Å². The fourth-order valence-corrected chi connectivity index (χ4v) is 3.20. The summed E-state index contributed by atoms with van der Waals surface area (Å²) in [4.78, 5) is 20.3. The van der Waals surface area contributed by atoms with Gasteiger partial charge in [0.05, 0.1) is 12.8 Å². The Morgan fingerprint density at radius 1 is 1.16 bits per heavy atom. The number of hydrogen-bond acceptors (Lipinski definition) is 4. The van der Waals surface area contributed by atoms with E-state index < -0.39 is 0 Å². The van der Waals surface area contributed by atoms with Gasteiger partial charge in [0.2, 0.25) is 0 Å². The van der Waals surface area contributed by atoms with Crippen LogP contribution in [-0.4, -0.2) is 23.6 Å². The summed E-state index contributed by atoms with van der Waals surface area (Å²) in [7, 11) is 1.62. The van der Waals surface area contributed by atoms with Gasteiger partial charge in [0.25, 0.3) is 5.56 Å². The lowest BCUT2D eigenvalue weighted by Crippen LogP contribution is -2.18. The van der Waals surface area contributed by atoms with Crippen molar-refractivity contribution >= 4 is 17.3 Å². The van der Waals surface area contributed by atoms with Crippen molar-refractivity contribution in [3.63, 3.8) is 0 Å². The number of rotatable bonds is 2. The van der Waals surface area contributed by atoms with Gasteiger partial charge in [-0.2, -0.15) is 0 Å². The fraction of sp³-hybridized carbons (Fsp3) is 0.158. The molecule has 6 heteroatoms. The van der Waals surface area contributed by atoms with Gasteiger partial charge in [-0.1, -0.05) is 11.6 Å². The molecule has 1 aliphatic heterocycles. The number of halogens is 1. The topological polar surface area (TPSA) is 67.0 Å². The SMILES string of the molecule is COc1ccc(-c2nc3c(c(=O)[nH]2)CCNc2cc(Cl)ccc2-3)cc1. The number of H-pyrrole nitrogens is 1. The first kappa shape index (κ1) is 15.7. The van der Waals surface area contributed by atoms with Crippen molar-refractivity contribution in [1.82, 2.24) is 9.97 Å². The third kappa shape index (κ3) is 2.87. The monoisotopic (exact) mass is 353 g/mol. The average molecular weight is 354 g/mol. The first-order chi connectivity index (χ1) is 12.2. The Labute approximate surface area is 149 Å².